The van der Waals surface area contributed by atoms with E-state index in [2.05, 4.69) is 28.1 Å². The number of carbonyl (C=O) groups is 1. The van der Waals surface area contributed by atoms with E-state index < -0.39 is 6.10 Å². The van der Waals surface area contributed by atoms with Crippen molar-refractivity contribution in [2.75, 3.05) is 0 Å². The summed E-state index contributed by atoms with van der Waals surface area (Å²) >= 11 is 0. The number of nitrogens with one attached hydrogen (secondary N) is 1. The summed E-state index contributed by atoms with van der Waals surface area (Å²) in [5.74, 6) is 0.502. The molecule has 3 rings (SSSR count). The minimum atomic E-state index is -0.705. The molecule has 1 aromatic carbocycles. The Kier molecular flexibility index (Phi) is 5.01. The van der Waals surface area contributed by atoms with Gasteiger partial charge in [-0.15, -0.1) is 0 Å². The zero-order valence-electron chi connectivity index (χ0n) is 13.7. The third kappa shape index (κ3) is 3.86. The Labute approximate surface area is 140 Å². The molecule has 5 nitrogen and oxygen atoms in total. The van der Waals surface area contributed by atoms with Gasteiger partial charge in [0.25, 0.3) is 0 Å². The van der Waals surface area contributed by atoms with Gasteiger partial charge in [0.1, 0.15) is 11.9 Å². The van der Waals surface area contributed by atoms with Gasteiger partial charge in [-0.1, -0.05) is 18.2 Å². The molecule has 0 saturated carbocycles. The van der Waals surface area contributed by atoms with Crippen LogP contribution in [-0.2, 0) is 11.3 Å². The summed E-state index contributed by atoms with van der Waals surface area (Å²) in [5.41, 5.74) is 1.13. The molecular weight excluding hydrogens is 304 g/mol. The minimum absolute atomic E-state index is 0.0214. The van der Waals surface area contributed by atoms with E-state index in [9.17, 15) is 9.90 Å². The molecular formula is C19H22N2O3. The quantitative estimate of drug-likeness (QED) is 0.700. The average molecular weight is 326 g/mol. The summed E-state index contributed by atoms with van der Waals surface area (Å²) < 4.78 is 7.25. The van der Waals surface area contributed by atoms with E-state index in [-0.39, 0.29) is 11.9 Å². The van der Waals surface area contributed by atoms with Crippen LogP contribution in [0.15, 0.2) is 59.3 Å². The molecule has 0 spiro atoms. The van der Waals surface area contributed by atoms with Crippen LogP contribution >= 0.6 is 0 Å². The number of hydrogen-bond acceptors (Lipinski definition) is 3. The Morgan fingerprint density at radius 1 is 1.25 bits per heavy atom. The number of fused-ring (bicyclic) bond motifs is 1. The fraction of sp³-hybridized carbons (Fsp3) is 0.316. The Morgan fingerprint density at radius 2 is 2.08 bits per heavy atom. The van der Waals surface area contributed by atoms with Crippen LogP contribution in [0.25, 0.3) is 10.9 Å². The largest absolute Gasteiger partial charge is 0.467 e. The van der Waals surface area contributed by atoms with Crippen LogP contribution in [0.3, 0.4) is 0 Å². The summed E-state index contributed by atoms with van der Waals surface area (Å²) in [5, 5.41) is 14.1. The van der Waals surface area contributed by atoms with Gasteiger partial charge in [-0.05, 0) is 36.6 Å². The lowest BCUT2D eigenvalue weighted by Crippen LogP contribution is -2.34. The van der Waals surface area contributed by atoms with Gasteiger partial charge in [-0.2, -0.15) is 0 Å². The third-order valence-corrected chi connectivity index (χ3v) is 4.12. The number of amides is 1. The number of aliphatic hydroxyl groups is 1. The molecule has 0 aliphatic heterocycles. The number of furan rings is 1. The van der Waals surface area contributed by atoms with Gasteiger partial charge in [0.2, 0.25) is 5.91 Å². The average Bonchev–Trinajstić information content (AvgIpc) is 3.23. The predicted molar refractivity (Wildman–Crippen MR) is 92.4 cm³/mol. The van der Waals surface area contributed by atoms with Crippen LogP contribution in [0.5, 0.6) is 0 Å². The molecule has 2 aromatic heterocycles. The Morgan fingerprint density at radius 3 is 2.88 bits per heavy atom. The molecule has 1 amide bonds. The number of benzene rings is 1. The number of aliphatic hydroxyl groups excluding tert-OH is 1. The summed E-state index contributed by atoms with van der Waals surface area (Å²) in [6.07, 6.45) is 3.65. The summed E-state index contributed by atoms with van der Waals surface area (Å²) in [4.78, 5) is 12.1. The first-order valence-electron chi connectivity index (χ1n) is 8.18. The minimum Gasteiger partial charge on any atom is -0.467 e. The van der Waals surface area contributed by atoms with Gasteiger partial charge in [0, 0.05) is 37.1 Å². The second-order valence-corrected chi connectivity index (χ2v) is 6.05. The molecule has 0 radical (unpaired) electrons. The standard InChI is InChI=1S/C19H22N2O3/c1-14(13-17(22)18-7-4-12-24-18)20-19(23)9-11-21-10-8-15-5-2-3-6-16(15)21/h2-8,10,12,14,17,22H,9,11,13H2,1H3,(H,20,23). The summed E-state index contributed by atoms with van der Waals surface area (Å²) in [6.45, 7) is 2.52. The van der Waals surface area contributed by atoms with Crippen molar-refractivity contribution in [2.24, 2.45) is 0 Å². The maximum atomic E-state index is 12.1. The first-order chi connectivity index (χ1) is 11.6. The maximum absolute atomic E-state index is 12.1. The zero-order valence-corrected chi connectivity index (χ0v) is 13.7. The molecule has 0 bridgehead atoms. The molecule has 0 saturated heterocycles. The van der Waals surface area contributed by atoms with Crippen molar-refractivity contribution >= 4 is 16.8 Å². The lowest BCUT2D eigenvalue weighted by molar-refractivity contribution is -0.122. The molecule has 3 aromatic rings. The Bertz CT molecular complexity index is 792. The number of nitrogens with zero attached hydrogens (tertiary/aromatic N) is 1. The second kappa shape index (κ2) is 7.36. The van der Waals surface area contributed by atoms with Crippen LogP contribution in [0.4, 0.5) is 0 Å². The van der Waals surface area contributed by atoms with Crippen molar-refractivity contribution in [1.82, 2.24) is 9.88 Å². The lowest BCUT2D eigenvalue weighted by atomic mass is 10.1. The Balaban J connectivity index is 1.48. The van der Waals surface area contributed by atoms with Crippen LogP contribution < -0.4 is 5.32 Å². The van der Waals surface area contributed by atoms with Gasteiger partial charge < -0.3 is 19.4 Å². The highest BCUT2D eigenvalue weighted by Gasteiger charge is 2.16. The Hall–Kier alpha value is -2.53. The topological polar surface area (TPSA) is 67.4 Å². The summed E-state index contributed by atoms with van der Waals surface area (Å²) in [6, 6.07) is 13.5. The molecule has 2 atom stereocenters. The van der Waals surface area contributed by atoms with Crippen molar-refractivity contribution in [1.29, 1.82) is 0 Å². The molecule has 2 N–H and O–H groups in total. The van der Waals surface area contributed by atoms with E-state index in [1.54, 1.807) is 12.1 Å². The number of aromatic nitrogens is 1. The van der Waals surface area contributed by atoms with E-state index >= 15 is 0 Å². The lowest BCUT2D eigenvalue weighted by Gasteiger charge is -2.17. The molecule has 0 aliphatic rings. The van der Waals surface area contributed by atoms with Crippen LogP contribution in [0, 0.1) is 0 Å². The van der Waals surface area contributed by atoms with Crippen molar-refractivity contribution in [2.45, 2.75) is 38.5 Å². The van der Waals surface area contributed by atoms with Crippen molar-refractivity contribution in [3.63, 3.8) is 0 Å². The molecule has 2 unspecified atom stereocenters. The number of carbonyl (C=O) groups excluding carboxylic acids is 1. The summed E-state index contributed by atoms with van der Waals surface area (Å²) in [7, 11) is 0. The number of para-hydroxylation sites is 1. The predicted octanol–water partition coefficient (Wildman–Crippen LogP) is 3.25. The van der Waals surface area contributed by atoms with Crippen molar-refractivity contribution in [3.8, 4) is 0 Å². The molecule has 126 valence electrons. The molecule has 0 fully saturated rings. The number of aryl methyl sites for hydroxylation is 1. The molecule has 5 heteroatoms. The molecule has 24 heavy (non-hydrogen) atoms. The highest BCUT2D eigenvalue weighted by atomic mass is 16.4. The van der Waals surface area contributed by atoms with Gasteiger partial charge >= 0.3 is 0 Å². The molecule has 2 heterocycles. The number of rotatable bonds is 7. The zero-order chi connectivity index (χ0) is 16.9. The second-order valence-electron chi connectivity index (χ2n) is 6.05. The smallest absolute Gasteiger partial charge is 0.222 e. The first-order valence-corrected chi connectivity index (χ1v) is 8.18. The highest BCUT2D eigenvalue weighted by Crippen LogP contribution is 2.19. The van der Waals surface area contributed by atoms with E-state index in [1.807, 2.05) is 25.3 Å². The van der Waals surface area contributed by atoms with Crippen molar-refractivity contribution in [3.05, 3.63) is 60.7 Å². The van der Waals surface area contributed by atoms with Gasteiger partial charge in [-0.25, -0.2) is 0 Å². The van der Waals surface area contributed by atoms with Crippen LogP contribution in [0.1, 0.15) is 31.6 Å². The van der Waals surface area contributed by atoms with E-state index in [0.29, 0.717) is 25.1 Å². The van der Waals surface area contributed by atoms with Gasteiger partial charge in [0.15, 0.2) is 0 Å². The van der Waals surface area contributed by atoms with Gasteiger partial charge in [-0.3, -0.25) is 4.79 Å². The maximum Gasteiger partial charge on any atom is 0.222 e. The third-order valence-electron chi connectivity index (χ3n) is 4.12. The van der Waals surface area contributed by atoms with E-state index in [1.165, 1.54) is 11.6 Å². The normalized spacial score (nSPS) is 13.8. The molecule has 0 aliphatic carbocycles. The number of hydrogen-bond donors (Lipinski definition) is 2. The first kappa shape index (κ1) is 16.3. The monoisotopic (exact) mass is 326 g/mol. The fourth-order valence-electron chi connectivity index (χ4n) is 2.90. The highest BCUT2D eigenvalue weighted by molar-refractivity contribution is 5.80. The van der Waals surface area contributed by atoms with Crippen LogP contribution in [-0.4, -0.2) is 21.6 Å². The fourth-order valence-corrected chi connectivity index (χ4v) is 2.90. The van der Waals surface area contributed by atoms with E-state index in [4.69, 9.17) is 4.42 Å². The van der Waals surface area contributed by atoms with Gasteiger partial charge in [0.05, 0.1) is 6.26 Å². The van der Waals surface area contributed by atoms with Crippen molar-refractivity contribution < 1.29 is 14.3 Å². The van der Waals surface area contributed by atoms with E-state index in [0.717, 1.165) is 5.52 Å². The van der Waals surface area contributed by atoms with Crippen LogP contribution in [0.2, 0.25) is 0 Å². The SMILES string of the molecule is CC(CC(O)c1ccco1)NC(=O)CCn1ccc2ccccc21.